The van der Waals surface area contributed by atoms with E-state index in [-0.39, 0.29) is 19.1 Å². The number of carbonyl (C=O) groups excluding carboxylic acids is 3. The number of carbonyl (C=O) groups is 3. The summed E-state index contributed by atoms with van der Waals surface area (Å²) in [5, 5.41) is 2.90. The molecule has 0 saturated carbocycles. The minimum atomic E-state index is -1.37. The van der Waals surface area contributed by atoms with Crippen molar-refractivity contribution in [2.75, 3.05) is 5.32 Å². The van der Waals surface area contributed by atoms with Crippen LogP contribution in [0.15, 0.2) is 72.8 Å². The molecule has 0 fully saturated rings. The van der Waals surface area contributed by atoms with Crippen molar-refractivity contribution in [2.45, 2.75) is 53.8 Å². The minimum absolute atomic E-state index is 0.0106. The quantitative estimate of drug-likeness (QED) is 0.318. The predicted octanol–water partition coefficient (Wildman–Crippen LogP) is 5.86. The lowest BCUT2D eigenvalue weighted by molar-refractivity contribution is -0.159. The first-order valence-corrected chi connectivity index (χ1v) is 11.9. The molecule has 0 heterocycles. The minimum Gasteiger partial charge on any atom is -0.460 e. The zero-order chi connectivity index (χ0) is 26.3. The van der Waals surface area contributed by atoms with Crippen molar-refractivity contribution < 1.29 is 23.9 Å². The summed E-state index contributed by atoms with van der Waals surface area (Å²) < 4.78 is 11.1. The van der Waals surface area contributed by atoms with E-state index in [0.29, 0.717) is 11.3 Å². The summed E-state index contributed by atoms with van der Waals surface area (Å²) in [5.74, 6) is -3.09. The fraction of sp³-hybridized carbons (Fsp3) is 0.300. The van der Waals surface area contributed by atoms with Crippen LogP contribution in [0, 0.1) is 19.3 Å². The molecule has 0 atom stereocenters. The molecule has 188 valence electrons. The van der Waals surface area contributed by atoms with Crippen molar-refractivity contribution in [2.24, 2.45) is 5.41 Å². The Labute approximate surface area is 212 Å². The molecule has 36 heavy (non-hydrogen) atoms. The number of ether oxygens (including phenoxy) is 2. The van der Waals surface area contributed by atoms with Crippen LogP contribution in [-0.2, 0) is 37.1 Å². The Kier molecular flexibility index (Phi) is 8.64. The Morgan fingerprint density at radius 3 is 1.64 bits per heavy atom. The molecule has 0 aromatic heterocycles. The van der Waals surface area contributed by atoms with Gasteiger partial charge in [0.15, 0.2) is 5.92 Å². The molecule has 0 unspecified atom stereocenters. The molecule has 1 amide bonds. The maximum atomic E-state index is 13.4. The topological polar surface area (TPSA) is 81.7 Å². The largest absolute Gasteiger partial charge is 0.460 e. The normalized spacial score (nSPS) is 11.2. The molecule has 6 nitrogen and oxygen atoms in total. The van der Waals surface area contributed by atoms with E-state index in [4.69, 9.17) is 9.47 Å². The highest BCUT2D eigenvalue weighted by molar-refractivity contribution is 6.04. The van der Waals surface area contributed by atoms with Gasteiger partial charge in [-0.25, -0.2) is 0 Å². The third kappa shape index (κ3) is 7.04. The third-order valence-corrected chi connectivity index (χ3v) is 5.83. The second-order valence-electron chi connectivity index (χ2n) is 9.85. The molecule has 1 N–H and O–H groups in total. The van der Waals surface area contributed by atoms with Crippen LogP contribution in [0.5, 0.6) is 0 Å². The smallest absolute Gasteiger partial charge is 0.325 e. The molecule has 0 aliphatic rings. The summed E-state index contributed by atoms with van der Waals surface area (Å²) in [4.78, 5) is 39.6. The highest BCUT2D eigenvalue weighted by Crippen LogP contribution is 2.32. The Hall–Kier alpha value is -3.93. The van der Waals surface area contributed by atoms with Gasteiger partial charge in [-0.1, -0.05) is 87.5 Å². The lowest BCUT2D eigenvalue weighted by Crippen LogP contribution is -2.31. The summed E-state index contributed by atoms with van der Waals surface area (Å²) in [6, 6.07) is 22.0. The first-order chi connectivity index (χ1) is 17.1. The van der Waals surface area contributed by atoms with Gasteiger partial charge in [0.2, 0.25) is 5.91 Å². The summed E-state index contributed by atoms with van der Waals surface area (Å²) >= 11 is 0. The standard InChI is InChI=1S/C30H33NO5/c1-20-16-24(25(17-21(20)2)31-29(34)30(3,4)5)26(27(32)35-18-22-12-8-6-9-13-22)28(33)36-19-23-14-10-7-11-15-23/h6-17,26H,18-19H2,1-5H3,(H,31,34). The number of esters is 2. The summed E-state index contributed by atoms with van der Waals surface area (Å²) in [6.07, 6.45) is 0. The molecule has 0 radical (unpaired) electrons. The number of hydrogen-bond acceptors (Lipinski definition) is 5. The van der Waals surface area contributed by atoms with Crippen LogP contribution >= 0.6 is 0 Å². The van der Waals surface area contributed by atoms with E-state index in [1.807, 2.05) is 74.5 Å². The number of hydrogen-bond donors (Lipinski definition) is 1. The van der Waals surface area contributed by atoms with E-state index in [9.17, 15) is 14.4 Å². The van der Waals surface area contributed by atoms with Crippen molar-refractivity contribution in [1.29, 1.82) is 0 Å². The van der Waals surface area contributed by atoms with Crippen LogP contribution < -0.4 is 5.32 Å². The van der Waals surface area contributed by atoms with Gasteiger partial charge in [0.05, 0.1) is 0 Å². The number of nitrogens with one attached hydrogen (secondary N) is 1. The Morgan fingerprint density at radius 1 is 0.750 bits per heavy atom. The number of anilines is 1. The van der Waals surface area contributed by atoms with Gasteiger partial charge >= 0.3 is 11.9 Å². The Bertz CT molecular complexity index is 1160. The van der Waals surface area contributed by atoms with Crippen LogP contribution in [0.25, 0.3) is 0 Å². The van der Waals surface area contributed by atoms with E-state index >= 15 is 0 Å². The van der Waals surface area contributed by atoms with Gasteiger partial charge in [-0.05, 0) is 42.2 Å². The molecule has 3 aromatic carbocycles. The van der Waals surface area contributed by atoms with Gasteiger partial charge in [0.1, 0.15) is 13.2 Å². The van der Waals surface area contributed by atoms with E-state index in [0.717, 1.165) is 22.3 Å². The van der Waals surface area contributed by atoms with Crippen LogP contribution in [0.4, 0.5) is 5.69 Å². The number of aryl methyl sites for hydroxylation is 2. The third-order valence-electron chi connectivity index (χ3n) is 5.83. The second-order valence-corrected chi connectivity index (χ2v) is 9.85. The zero-order valence-corrected chi connectivity index (χ0v) is 21.5. The lowest BCUT2D eigenvalue weighted by Gasteiger charge is -2.23. The van der Waals surface area contributed by atoms with Crippen LogP contribution in [0.3, 0.4) is 0 Å². The van der Waals surface area contributed by atoms with Crippen molar-refractivity contribution >= 4 is 23.5 Å². The van der Waals surface area contributed by atoms with Crippen LogP contribution in [0.1, 0.15) is 54.5 Å². The lowest BCUT2D eigenvalue weighted by atomic mass is 9.91. The molecule has 0 bridgehead atoms. The average Bonchev–Trinajstić information content (AvgIpc) is 2.85. The molecule has 0 saturated heterocycles. The zero-order valence-electron chi connectivity index (χ0n) is 21.5. The van der Waals surface area contributed by atoms with Crippen molar-refractivity contribution in [3.63, 3.8) is 0 Å². The molecule has 3 aromatic rings. The Morgan fingerprint density at radius 2 is 1.19 bits per heavy atom. The van der Waals surface area contributed by atoms with Gasteiger partial charge in [0.25, 0.3) is 0 Å². The van der Waals surface area contributed by atoms with Crippen molar-refractivity contribution in [3.8, 4) is 0 Å². The van der Waals surface area contributed by atoms with E-state index in [1.165, 1.54) is 0 Å². The molecular formula is C30H33NO5. The first-order valence-electron chi connectivity index (χ1n) is 11.9. The summed E-state index contributed by atoms with van der Waals surface area (Å²) in [6.45, 7) is 9.19. The highest BCUT2D eigenvalue weighted by atomic mass is 16.6. The van der Waals surface area contributed by atoms with Gasteiger partial charge in [-0.2, -0.15) is 0 Å². The molecule has 3 rings (SSSR count). The second kappa shape index (κ2) is 11.7. The van der Waals surface area contributed by atoms with E-state index in [1.54, 1.807) is 32.9 Å². The molecule has 0 aliphatic heterocycles. The molecule has 0 spiro atoms. The SMILES string of the molecule is Cc1cc(NC(=O)C(C)(C)C)c(C(C(=O)OCc2ccccc2)C(=O)OCc2ccccc2)cc1C. The van der Waals surface area contributed by atoms with Crippen molar-refractivity contribution in [1.82, 2.24) is 0 Å². The summed E-state index contributed by atoms with van der Waals surface area (Å²) in [7, 11) is 0. The maximum Gasteiger partial charge on any atom is 0.325 e. The van der Waals surface area contributed by atoms with E-state index in [2.05, 4.69) is 5.32 Å². The Balaban J connectivity index is 1.96. The monoisotopic (exact) mass is 487 g/mol. The van der Waals surface area contributed by atoms with Gasteiger partial charge in [-0.15, -0.1) is 0 Å². The van der Waals surface area contributed by atoms with Crippen LogP contribution in [0.2, 0.25) is 0 Å². The average molecular weight is 488 g/mol. The van der Waals surface area contributed by atoms with Crippen LogP contribution in [-0.4, -0.2) is 17.8 Å². The van der Waals surface area contributed by atoms with Crippen molar-refractivity contribution in [3.05, 3.63) is 101 Å². The van der Waals surface area contributed by atoms with Gasteiger partial charge in [-0.3, -0.25) is 14.4 Å². The first kappa shape index (κ1) is 26.7. The number of amides is 1. The maximum absolute atomic E-state index is 13.4. The van der Waals surface area contributed by atoms with Gasteiger partial charge < -0.3 is 14.8 Å². The van der Waals surface area contributed by atoms with Gasteiger partial charge in [0, 0.05) is 16.7 Å². The highest BCUT2D eigenvalue weighted by Gasteiger charge is 2.35. The predicted molar refractivity (Wildman–Crippen MR) is 139 cm³/mol. The number of rotatable bonds is 8. The fourth-order valence-electron chi connectivity index (χ4n) is 3.47. The summed E-state index contributed by atoms with van der Waals surface area (Å²) in [5.41, 5.74) is 3.43. The fourth-order valence-corrected chi connectivity index (χ4v) is 3.47. The molecule has 6 heteroatoms. The van der Waals surface area contributed by atoms with E-state index < -0.39 is 23.3 Å². The number of benzene rings is 3. The molecule has 0 aliphatic carbocycles. The molecular weight excluding hydrogens is 454 g/mol.